The van der Waals surface area contributed by atoms with Crippen molar-refractivity contribution in [1.29, 1.82) is 0 Å². The molecule has 1 amide bonds. The summed E-state index contributed by atoms with van der Waals surface area (Å²) in [6, 6.07) is 5.13. The lowest BCUT2D eigenvalue weighted by atomic mass is 9.95. The third-order valence-corrected chi connectivity index (χ3v) is 4.38. The predicted octanol–water partition coefficient (Wildman–Crippen LogP) is 3.29. The lowest BCUT2D eigenvalue weighted by Crippen LogP contribution is -2.58. The van der Waals surface area contributed by atoms with E-state index in [0.29, 0.717) is 32.6 Å². The third kappa shape index (κ3) is 5.25. The van der Waals surface area contributed by atoms with Crippen LogP contribution in [0.2, 0.25) is 0 Å². The van der Waals surface area contributed by atoms with Crippen molar-refractivity contribution < 1.29 is 18.0 Å². The molecule has 1 aromatic carbocycles. The third-order valence-electron chi connectivity index (χ3n) is 4.38. The molecule has 1 heterocycles. The van der Waals surface area contributed by atoms with Gasteiger partial charge in [-0.1, -0.05) is 13.3 Å². The molecule has 0 spiro atoms. The SMILES string of the molecule is CCCC(C)(N)C(=O)N1CCN(c2ccc(C(F)(F)F)cc2)CC1.Cl. The fraction of sp³-hybridized carbons (Fsp3) is 0.588. The van der Waals surface area contributed by atoms with Crippen LogP contribution in [0.15, 0.2) is 24.3 Å². The average Bonchev–Trinajstić information content (AvgIpc) is 2.53. The molecule has 1 saturated heterocycles. The first-order chi connectivity index (χ1) is 11.1. The molecule has 1 atom stereocenters. The molecule has 1 fully saturated rings. The highest BCUT2D eigenvalue weighted by atomic mass is 35.5. The van der Waals surface area contributed by atoms with Crippen molar-refractivity contribution in [2.45, 2.75) is 38.4 Å². The van der Waals surface area contributed by atoms with E-state index in [2.05, 4.69) is 0 Å². The Morgan fingerprint density at radius 1 is 1.12 bits per heavy atom. The summed E-state index contributed by atoms with van der Waals surface area (Å²) in [4.78, 5) is 16.2. The van der Waals surface area contributed by atoms with Gasteiger partial charge in [0.15, 0.2) is 0 Å². The average molecular weight is 380 g/mol. The number of benzene rings is 1. The summed E-state index contributed by atoms with van der Waals surface area (Å²) in [6.07, 6.45) is -2.86. The first kappa shape index (κ1) is 21.6. The predicted molar refractivity (Wildman–Crippen MR) is 95.0 cm³/mol. The molecule has 0 aromatic heterocycles. The van der Waals surface area contributed by atoms with Gasteiger partial charge in [0, 0.05) is 31.9 Å². The van der Waals surface area contributed by atoms with E-state index in [9.17, 15) is 18.0 Å². The maximum absolute atomic E-state index is 12.6. The van der Waals surface area contributed by atoms with Gasteiger partial charge in [-0.2, -0.15) is 13.2 Å². The van der Waals surface area contributed by atoms with Gasteiger partial charge >= 0.3 is 6.18 Å². The minimum atomic E-state index is -4.32. The van der Waals surface area contributed by atoms with Crippen LogP contribution in [0.5, 0.6) is 0 Å². The first-order valence-corrected chi connectivity index (χ1v) is 8.15. The Morgan fingerprint density at radius 3 is 2.08 bits per heavy atom. The van der Waals surface area contributed by atoms with Crippen molar-refractivity contribution >= 4 is 24.0 Å². The Kier molecular flexibility index (Phi) is 7.14. The summed E-state index contributed by atoms with van der Waals surface area (Å²) in [5.74, 6) is -0.0589. The monoisotopic (exact) mass is 379 g/mol. The maximum atomic E-state index is 12.6. The highest BCUT2D eigenvalue weighted by Gasteiger charge is 2.34. The molecule has 0 bridgehead atoms. The maximum Gasteiger partial charge on any atom is 0.416 e. The molecule has 2 rings (SSSR count). The Hall–Kier alpha value is -1.47. The van der Waals surface area contributed by atoms with Gasteiger partial charge in [-0.3, -0.25) is 4.79 Å². The second kappa shape index (κ2) is 8.27. The minimum Gasteiger partial charge on any atom is -0.368 e. The lowest BCUT2D eigenvalue weighted by Gasteiger charge is -2.39. The molecule has 1 aromatic rings. The molecule has 1 aliphatic rings. The standard InChI is InChI=1S/C17H24F3N3O.ClH/c1-3-8-16(2,21)15(24)23-11-9-22(10-12-23)14-6-4-13(5-7-14)17(18,19)20;/h4-7H,3,8-12,21H2,1-2H3;1H. The van der Waals surface area contributed by atoms with Gasteiger partial charge in [-0.05, 0) is 37.6 Å². The zero-order chi connectivity index (χ0) is 18.0. The number of hydrogen-bond acceptors (Lipinski definition) is 3. The van der Waals surface area contributed by atoms with Crippen LogP contribution in [0, 0.1) is 0 Å². The molecule has 8 heteroatoms. The lowest BCUT2D eigenvalue weighted by molar-refractivity contribution is -0.138. The number of rotatable bonds is 4. The molecular weight excluding hydrogens is 355 g/mol. The van der Waals surface area contributed by atoms with Crippen LogP contribution in [-0.4, -0.2) is 42.5 Å². The molecule has 0 saturated carbocycles. The minimum absolute atomic E-state index is 0. The van der Waals surface area contributed by atoms with E-state index >= 15 is 0 Å². The van der Waals surface area contributed by atoms with Crippen LogP contribution in [0.4, 0.5) is 18.9 Å². The Morgan fingerprint density at radius 2 is 1.64 bits per heavy atom. The summed E-state index contributed by atoms with van der Waals surface area (Å²) < 4.78 is 37.8. The number of nitrogens with zero attached hydrogens (tertiary/aromatic N) is 2. The Balaban J connectivity index is 0.00000312. The van der Waals surface area contributed by atoms with Crippen LogP contribution in [-0.2, 0) is 11.0 Å². The van der Waals surface area contributed by atoms with Gasteiger partial charge in [0.25, 0.3) is 0 Å². The topological polar surface area (TPSA) is 49.6 Å². The number of halogens is 4. The largest absolute Gasteiger partial charge is 0.416 e. The van der Waals surface area contributed by atoms with E-state index in [-0.39, 0.29) is 18.3 Å². The summed E-state index contributed by atoms with van der Waals surface area (Å²) in [5.41, 5.74) is 5.32. The van der Waals surface area contributed by atoms with E-state index in [1.165, 1.54) is 12.1 Å². The zero-order valence-corrected chi connectivity index (χ0v) is 15.3. The molecule has 142 valence electrons. The number of piperazine rings is 1. The van der Waals surface area contributed by atoms with Crippen molar-refractivity contribution in [3.05, 3.63) is 29.8 Å². The summed E-state index contributed by atoms with van der Waals surface area (Å²) in [6.45, 7) is 5.95. The second-order valence-electron chi connectivity index (χ2n) is 6.49. The molecule has 4 nitrogen and oxygen atoms in total. The van der Waals surface area contributed by atoms with E-state index in [1.54, 1.807) is 11.8 Å². The number of carbonyl (C=O) groups excluding carboxylic acids is 1. The normalized spacial score (nSPS) is 17.7. The van der Waals surface area contributed by atoms with E-state index in [0.717, 1.165) is 24.2 Å². The molecular formula is C17H25ClF3N3O. The van der Waals surface area contributed by atoms with Crippen LogP contribution in [0.3, 0.4) is 0 Å². The molecule has 0 aliphatic carbocycles. The number of amides is 1. The van der Waals surface area contributed by atoms with Gasteiger partial charge in [0.1, 0.15) is 0 Å². The zero-order valence-electron chi connectivity index (χ0n) is 14.5. The number of nitrogens with two attached hydrogens (primary N) is 1. The highest BCUT2D eigenvalue weighted by molar-refractivity contribution is 5.86. The van der Waals surface area contributed by atoms with Crippen molar-refractivity contribution in [2.75, 3.05) is 31.1 Å². The molecule has 0 radical (unpaired) electrons. The fourth-order valence-electron chi connectivity index (χ4n) is 3.02. The van der Waals surface area contributed by atoms with Crippen LogP contribution in [0.25, 0.3) is 0 Å². The summed E-state index contributed by atoms with van der Waals surface area (Å²) >= 11 is 0. The van der Waals surface area contributed by atoms with Crippen molar-refractivity contribution in [3.8, 4) is 0 Å². The Labute approximate surface area is 152 Å². The van der Waals surface area contributed by atoms with Gasteiger partial charge in [-0.15, -0.1) is 12.4 Å². The van der Waals surface area contributed by atoms with Crippen molar-refractivity contribution in [1.82, 2.24) is 4.90 Å². The van der Waals surface area contributed by atoms with Crippen LogP contribution < -0.4 is 10.6 Å². The van der Waals surface area contributed by atoms with Gasteiger partial charge < -0.3 is 15.5 Å². The molecule has 1 aliphatic heterocycles. The highest BCUT2D eigenvalue weighted by Crippen LogP contribution is 2.30. The van der Waals surface area contributed by atoms with E-state index in [1.807, 2.05) is 11.8 Å². The van der Waals surface area contributed by atoms with Gasteiger partial charge in [0.05, 0.1) is 11.1 Å². The van der Waals surface area contributed by atoms with Gasteiger partial charge in [0.2, 0.25) is 5.91 Å². The van der Waals surface area contributed by atoms with E-state index < -0.39 is 17.3 Å². The van der Waals surface area contributed by atoms with Crippen LogP contribution >= 0.6 is 12.4 Å². The van der Waals surface area contributed by atoms with E-state index in [4.69, 9.17) is 5.73 Å². The molecule has 1 unspecified atom stereocenters. The molecule has 2 N–H and O–H groups in total. The molecule has 25 heavy (non-hydrogen) atoms. The second-order valence-corrected chi connectivity index (χ2v) is 6.49. The fourth-order valence-corrected chi connectivity index (χ4v) is 3.02. The van der Waals surface area contributed by atoms with Gasteiger partial charge in [-0.25, -0.2) is 0 Å². The quantitative estimate of drug-likeness (QED) is 0.873. The summed E-state index contributed by atoms with van der Waals surface area (Å²) in [5, 5.41) is 0. The Bertz CT molecular complexity index is 567. The van der Waals surface area contributed by atoms with Crippen molar-refractivity contribution in [3.63, 3.8) is 0 Å². The van der Waals surface area contributed by atoms with Crippen LogP contribution in [0.1, 0.15) is 32.3 Å². The smallest absolute Gasteiger partial charge is 0.368 e. The number of hydrogen-bond donors (Lipinski definition) is 1. The van der Waals surface area contributed by atoms with Crippen molar-refractivity contribution in [2.24, 2.45) is 5.73 Å². The number of alkyl halides is 3. The summed E-state index contributed by atoms with van der Waals surface area (Å²) in [7, 11) is 0. The number of anilines is 1. The first-order valence-electron chi connectivity index (χ1n) is 8.15. The number of carbonyl (C=O) groups is 1.